The molecule has 0 heterocycles. The smallest absolute Gasteiger partial charge is 0.125 e. The quantitative estimate of drug-likeness (QED) is 0.901. The molecule has 0 radical (unpaired) electrons. The Morgan fingerprint density at radius 3 is 2.37 bits per heavy atom. The summed E-state index contributed by atoms with van der Waals surface area (Å²) in [5.41, 5.74) is 7.61. The molecule has 2 atom stereocenters. The van der Waals surface area contributed by atoms with Gasteiger partial charge in [-0.2, -0.15) is 0 Å². The number of hydrogen-bond acceptors (Lipinski definition) is 2. The molecule has 0 fully saturated rings. The maximum atomic E-state index is 13.3. The van der Waals surface area contributed by atoms with E-state index in [-0.39, 0.29) is 18.0 Å². The van der Waals surface area contributed by atoms with Crippen LogP contribution in [0.4, 0.5) is 4.39 Å². The second-order valence-corrected chi connectivity index (χ2v) is 4.64. The van der Waals surface area contributed by atoms with Gasteiger partial charge in [0.25, 0.3) is 0 Å². The van der Waals surface area contributed by atoms with Crippen LogP contribution in [0.2, 0.25) is 0 Å². The molecular weight excluding hydrogens is 241 g/mol. The van der Waals surface area contributed by atoms with Gasteiger partial charge in [-0.05, 0) is 37.6 Å². The number of benzene rings is 2. The first-order valence-electron chi connectivity index (χ1n) is 6.34. The minimum Gasteiger partial charge on any atom is -0.486 e. The number of halogens is 1. The molecule has 0 aliphatic heterocycles. The third kappa shape index (κ3) is 3.32. The lowest BCUT2D eigenvalue weighted by Crippen LogP contribution is -2.10. The lowest BCUT2D eigenvalue weighted by Gasteiger charge is -2.19. The van der Waals surface area contributed by atoms with Crippen molar-refractivity contribution in [2.24, 2.45) is 5.73 Å². The molecule has 2 aromatic rings. The van der Waals surface area contributed by atoms with Crippen LogP contribution in [0.1, 0.15) is 37.1 Å². The van der Waals surface area contributed by atoms with Crippen molar-refractivity contribution >= 4 is 0 Å². The third-order valence-electron chi connectivity index (χ3n) is 3.04. The lowest BCUT2D eigenvalue weighted by molar-refractivity contribution is 0.223. The monoisotopic (exact) mass is 259 g/mol. The van der Waals surface area contributed by atoms with Crippen molar-refractivity contribution in [2.75, 3.05) is 0 Å². The Balaban J connectivity index is 2.24. The van der Waals surface area contributed by atoms with Gasteiger partial charge in [0.2, 0.25) is 0 Å². The van der Waals surface area contributed by atoms with Gasteiger partial charge < -0.3 is 10.5 Å². The summed E-state index contributed by atoms with van der Waals surface area (Å²) in [7, 11) is 0. The predicted octanol–water partition coefficient (Wildman–Crippen LogP) is 3.99. The maximum Gasteiger partial charge on any atom is 0.125 e. The molecule has 0 saturated heterocycles. The maximum absolute atomic E-state index is 13.3. The molecule has 2 aromatic carbocycles. The van der Waals surface area contributed by atoms with Gasteiger partial charge in [-0.3, -0.25) is 0 Å². The normalized spacial score (nSPS) is 13.9. The van der Waals surface area contributed by atoms with Crippen molar-refractivity contribution in [1.29, 1.82) is 0 Å². The summed E-state index contributed by atoms with van der Waals surface area (Å²) in [6.07, 6.45) is -0.107. The molecule has 0 amide bonds. The summed E-state index contributed by atoms with van der Waals surface area (Å²) < 4.78 is 19.2. The molecule has 0 spiro atoms. The summed E-state index contributed by atoms with van der Waals surface area (Å²) in [5.74, 6) is 0.333. The second-order valence-electron chi connectivity index (χ2n) is 4.64. The van der Waals surface area contributed by atoms with Crippen LogP contribution in [0.15, 0.2) is 48.5 Å². The fraction of sp³-hybridized carbons (Fsp3) is 0.250. The molecule has 3 heteroatoms. The Morgan fingerprint density at radius 1 is 1.05 bits per heavy atom. The first kappa shape index (κ1) is 13.6. The lowest BCUT2D eigenvalue weighted by atomic mass is 10.1. The second kappa shape index (κ2) is 5.85. The Kier molecular flexibility index (Phi) is 4.17. The van der Waals surface area contributed by atoms with Crippen molar-refractivity contribution in [3.63, 3.8) is 0 Å². The molecule has 2 rings (SSSR count). The molecule has 0 aliphatic rings. The molecule has 0 bridgehead atoms. The van der Waals surface area contributed by atoms with E-state index in [1.165, 1.54) is 12.1 Å². The standard InChI is InChI=1S/C16H18FNO/c1-11(18)15-10-14(17)8-9-16(15)19-12(2)13-6-4-3-5-7-13/h3-12H,18H2,1-2H3/t11-,12?/m1/s1. The van der Waals surface area contributed by atoms with Gasteiger partial charge in [0.15, 0.2) is 0 Å². The first-order valence-corrected chi connectivity index (χ1v) is 6.34. The van der Waals surface area contributed by atoms with Crippen molar-refractivity contribution in [3.05, 3.63) is 65.5 Å². The highest BCUT2D eigenvalue weighted by Gasteiger charge is 2.13. The summed E-state index contributed by atoms with van der Waals surface area (Å²) in [5, 5.41) is 0. The highest BCUT2D eigenvalue weighted by atomic mass is 19.1. The van der Waals surface area contributed by atoms with E-state index in [9.17, 15) is 4.39 Å². The van der Waals surface area contributed by atoms with E-state index in [1.54, 1.807) is 6.07 Å². The van der Waals surface area contributed by atoms with E-state index in [4.69, 9.17) is 10.5 Å². The zero-order valence-electron chi connectivity index (χ0n) is 11.1. The topological polar surface area (TPSA) is 35.2 Å². The first-order chi connectivity index (χ1) is 9.08. The molecule has 0 aromatic heterocycles. The van der Waals surface area contributed by atoms with Gasteiger partial charge in [-0.15, -0.1) is 0 Å². The van der Waals surface area contributed by atoms with Gasteiger partial charge in [0.1, 0.15) is 17.7 Å². The number of ether oxygens (including phenoxy) is 1. The Hall–Kier alpha value is -1.87. The van der Waals surface area contributed by atoms with E-state index < -0.39 is 0 Å². The summed E-state index contributed by atoms with van der Waals surface area (Å²) in [6.45, 7) is 3.78. The molecule has 100 valence electrons. The molecule has 1 unspecified atom stereocenters. The van der Waals surface area contributed by atoms with E-state index in [2.05, 4.69) is 0 Å². The summed E-state index contributed by atoms with van der Waals surface area (Å²) in [6, 6.07) is 14.1. The third-order valence-corrected chi connectivity index (χ3v) is 3.04. The minimum atomic E-state index is -0.299. The van der Waals surface area contributed by atoms with Gasteiger partial charge in [0, 0.05) is 11.6 Å². The number of nitrogens with two attached hydrogens (primary N) is 1. The van der Waals surface area contributed by atoms with Crippen molar-refractivity contribution in [1.82, 2.24) is 0 Å². The molecule has 2 nitrogen and oxygen atoms in total. The number of hydrogen-bond donors (Lipinski definition) is 1. The summed E-state index contributed by atoms with van der Waals surface area (Å²) in [4.78, 5) is 0. The van der Waals surface area contributed by atoms with Crippen molar-refractivity contribution in [3.8, 4) is 5.75 Å². The van der Waals surface area contributed by atoms with Gasteiger partial charge in [-0.25, -0.2) is 4.39 Å². The van der Waals surface area contributed by atoms with Gasteiger partial charge in [0.05, 0.1) is 0 Å². The van der Waals surface area contributed by atoms with Crippen LogP contribution in [-0.2, 0) is 0 Å². The average Bonchev–Trinajstić information content (AvgIpc) is 2.41. The van der Waals surface area contributed by atoms with E-state index in [0.29, 0.717) is 11.3 Å². The van der Waals surface area contributed by atoms with Crippen LogP contribution in [-0.4, -0.2) is 0 Å². The Labute approximate surface area is 113 Å². The molecule has 19 heavy (non-hydrogen) atoms. The zero-order chi connectivity index (χ0) is 13.8. The van der Waals surface area contributed by atoms with E-state index in [1.807, 2.05) is 44.2 Å². The largest absolute Gasteiger partial charge is 0.486 e. The fourth-order valence-corrected chi connectivity index (χ4v) is 1.97. The number of rotatable bonds is 4. The molecular formula is C16H18FNO. The SMILES string of the molecule is CC(Oc1ccc(F)cc1[C@@H](C)N)c1ccccc1. The van der Waals surface area contributed by atoms with Crippen LogP contribution in [0.5, 0.6) is 5.75 Å². The van der Waals surface area contributed by atoms with E-state index >= 15 is 0 Å². The predicted molar refractivity (Wildman–Crippen MR) is 74.5 cm³/mol. The molecule has 0 saturated carbocycles. The summed E-state index contributed by atoms with van der Waals surface area (Å²) >= 11 is 0. The molecule has 2 N–H and O–H groups in total. The van der Waals surface area contributed by atoms with Crippen LogP contribution in [0.25, 0.3) is 0 Å². The minimum absolute atomic E-state index is 0.107. The fourth-order valence-electron chi connectivity index (χ4n) is 1.97. The highest BCUT2D eigenvalue weighted by molar-refractivity contribution is 5.36. The van der Waals surface area contributed by atoms with E-state index in [0.717, 1.165) is 5.56 Å². The van der Waals surface area contributed by atoms with Crippen molar-refractivity contribution in [2.45, 2.75) is 26.0 Å². The Morgan fingerprint density at radius 2 is 1.74 bits per heavy atom. The van der Waals surface area contributed by atoms with Crippen LogP contribution in [0.3, 0.4) is 0 Å². The average molecular weight is 259 g/mol. The van der Waals surface area contributed by atoms with Gasteiger partial charge >= 0.3 is 0 Å². The Bertz CT molecular complexity index is 540. The zero-order valence-corrected chi connectivity index (χ0v) is 11.1. The highest BCUT2D eigenvalue weighted by Crippen LogP contribution is 2.29. The molecule has 0 aliphatic carbocycles. The van der Waals surface area contributed by atoms with Crippen LogP contribution >= 0.6 is 0 Å². The van der Waals surface area contributed by atoms with Crippen molar-refractivity contribution < 1.29 is 9.13 Å². The van der Waals surface area contributed by atoms with Crippen LogP contribution < -0.4 is 10.5 Å². The van der Waals surface area contributed by atoms with Gasteiger partial charge in [-0.1, -0.05) is 30.3 Å². The van der Waals surface area contributed by atoms with Crippen LogP contribution in [0, 0.1) is 5.82 Å².